The number of urea groups is 1. The molecule has 0 heterocycles. The van der Waals surface area contributed by atoms with E-state index in [-0.39, 0.29) is 5.38 Å². The zero-order chi connectivity index (χ0) is 8.15. The predicted molar refractivity (Wildman–Crippen MR) is 41.1 cm³/mol. The number of primary amides is 1. The molecule has 0 bridgehead atoms. The van der Waals surface area contributed by atoms with Crippen molar-refractivity contribution in [3.05, 3.63) is 0 Å². The standard InChI is InChI=1S/C5H10ClN3O/c1-3(6)4(2)8-9-5(7)10/h3H,1-2H3,(H3,7,9,10)/b8-4+. The van der Waals surface area contributed by atoms with E-state index in [1.807, 2.05) is 0 Å². The molecule has 0 aromatic rings. The third kappa shape index (κ3) is 4.14. The fraction of sp³-hybridized carbons (Fsp3) is 0.600. The Morgan fingerprint density at radius 1 is 1.80 bits per heavy atom. The van der Waals surface area contributed by atoms with Crippen molar-refractivity contribution in [1.29, 1.82) is 0 Å². The van der Waals surface area contributed by atoms with E-state index >= 15 is 0 Å². The number of rotatable bonds is 2. The van der Waals surface area contributed by atoms with E-state index in [9.17, 15) is 4.79 Å². The van der Waals surface area contributed by atoms with E-state index in [1.54, 1.807) is 13.8 Å². The molecule has 0 spiro atoms. The number of carbonyl (C=O) groups is 1. The van der Waals surface area contributed by atoms with Gasteiger partial charge in [-0.05, 0) is 13.8 Å². The van der Waals surface area contributed by atoms with Crippen molar-refractivity contribution in [2.24, 2.45) is 10.8 Å². The minimum atomic E-state index is -0.684. The average Bonchev–Trinajstić information content (AvgIpc) is 1.82. The minimum Gasteiger partial charge on any atom is -0.350 e. The van der Waals surface area contributed by atoms with Crippen molar-refractivity contribution < 1.29 is 4.79 Å². The van der Waals surface area contributed by atoms with Gasteiger partial charge in [0.2, 0.25) is 0 Å². The van der Waals surface area contributed by atoms with Gasteiger partial charge in [-0.25, -0.2) is 10.2 Å². The molecule has 10 heavy (non-hydrogen) atoms. The molecule has 0 aliphatic heterocycles. The summed E-state index contributed by atoms with van der Waals surface area (Å²) in [6, 6.07) is -0.684. The van der Waals surface area contributed by atoms with Gasteiger partial charge >= 0.3 is 6.03 Å². The molecule has 0 fully saturated rings. The summed E-state index contributed by atoms with van der Waals surface area (Å²) in [6.45, 7) is 3.46. The van der Waals surface area contributed by atoms with E-state index in [1.165, 1.54) is 0 Å². The molecule has 4 nitrogen and oxygen atoms in total. The van der Waals surface area contributed by atoms with E-state index in [0.717, 1.165) is 0 Å². The summed E-state index contributed by atoms with van der Waals surface area (Å²) in [5.74, 6) is 0. The van der Waals surface area contributed by atoms with Crippen LogP contribution in [0.25, 0.3) is 0 Å². The Morgan fingerprint density at radius 2 is 2.30 bits per heavy atom. The Bertz CT molecular complexity index is 155. The summed E-state index contributed by atoms with van der Waals surface area (Å²) in [5, 5.41) is 3.40. The number of nitrogens with one attached hydrogen (secondary N) is 1. The lowest BCUT2D eigenvalue weighted by molar-refractivity contribution is 0.249. The fourth-order valence-electron chi connectivity index (χ4n) is 0.232. The van der Waals surface area contributed by atoms with Gasteiger partial charge in [-0.2, -0.15) is 5.10 Å². The number of nitrogens with two attached hydrogens (primary N) is 1. The van der Waals surface area contributed by atoms with Crippen LogP contribution in [0.3, 0.4) is 0 Å². The highest BCUT2D eigenvalue weighted by Gasteiger charge is 1.99. The van der Waals surface area contributed by atoms with Crippen LogP contribution in [0.5, 0.6) is 0 Å². The zero-order valence-corrected chi connectivity index (χ0v) is 6.64. The second-order valence-electron chi connectivity index (χ2n) is 1.85. The maximum Gasteiger partial charge on any atom is 0.332 e. The van der Waals surface area contributed by atoms with E-state index in [2.05, 4.69) is 10.5 Å². The van der Waals surface area contributed by atoms with Gasteiger partial charge < -0.3 is 5.73 Å². The highest BCUT2D eigenvalue weighted by molar-refractivity contribution is 6.31. The molecule has 3 N–H and O–H groups in total. The van der Waals surface area contributed by atoms with Crippen LogP contribution in [-0.4, -0.2) is 17.1 Å². The molecule has 1 atom stereocenters. The Morgan fingerprint density at radius 3 is 2.60 bits per heavy atom. The van der Waals surface area contributed by atoms with Crippen LogP contribution in [0.15, 0.2) is 5.10 Å². The van der Waals surface area contributed by atoms with Crippen LogP contribution in [-0.2, 0) is 0 Å². The fourth-order valence-corrected chi connectivity index (χ4v) is 0.281. The second-order valence-corrected chi connectivity index (χ2v) is 2.50. The van der Waals surface area contributed by atoms with Gasteiger partial charge in [0.05, 0.1) is 11.1 Å². The van der Waals surface area contributed by atoms with Crippen molar-refractivity contribution in [2.75, 3.05) is 0 Å². The van der Waals surface area contributed by atoms with Crippen LogP contribution in [0.2, 0.25) is 0 Å². The van der Waals surface area contributed by atoms with Gasteiger partial charge in [-0.15, -0.1) is 11.6 Å². The number of hydrazone groups is 1. The molecule has 0 rings (SSSR count). The maximum absolute atomic E-state index is 10.1. The van der Waals surface area contributed by atoms with Gasteiger partial charge in [-0.3, -0.25) is 0 Å². The van der Waals surface area contributed by atoms with Crippen molar-refractivity contribution in [1.82, 2.24) is 5.43 Å². The molecule has 5 heteroatoms. The number of halogens is 1. The van der Waals surface area contributed by atoms with Crippen LogP contribution >= 0.6 is 11.6 Å². The number of carbonyl (C=O) groups excluding carboxylic acids is 1. The lowest BCUT2D eigenvalue weighted by Gasteiger charge is -2.00. The summed E-state index contributed by atoms with van der Waals surface area (Å²) in [7, 11) is 0. The molecular weight excluding hydrogens is 154 g/mol. The number of hydrogen-bond acceptors (Lipinski definition) is 2. The van der Waals surface area contributed by atoms with Gasteiger partial charge in [0, 0.05) is 0 Å². The van der Waals surface area contributed by atoms with Crippen molar-refractivity contribution in [3.8, 4) is 0 Å². The Labute approximate surface area is 64.4 Å². The molecule has 0 radical (unpaired) electrons. The quantitative estimate of drug-likeness (QED) is 0.351. The predicted octanol–water partition coefficient (Wildman–Crippen LogP) is 0.658. The summed E-state index contributed by atoms with van der Waals surface area (Å²) in [5.41, 5.74) is 7.44. The first-order valence-corrected chi connectivity index (χ1v) is 3.21. The normalized spacial score (nSPS) is 14.5. The molecular formula is C5H10ClN3O. The van der Waals surface area contributed by atoms with Crippen LogP contribution < -0.4 is 11.2 Å². The first-order valence-electron chi connectivity index (χ1n) is 2.77. The lowest BCUT2D eigenvalue weighted by atomic mass is 10.3. The molecule has 0 saturated carbocycles. The number of nitrogens with zero attached hydrogens (tertiary/aromatic N) is 1. The van der Waals surface area contributed by atoms with E-state index in [0.29, 0.717) is 5.71 Å². The molecule has 0 aromatic carbocycles. The van der Waals surface area contributed by atoms with Crippen LogP contribution in [0, 0.1) is 0 Å². The first-order chi connectivity index (χ1) is 4.54. The molecule has 0 aliphatic rings. The highest BCUT2D eigenvalue weighted by Crippen LogP contribution is 1.94. The average molecular weight is 164 g/mol. The van der Waals surface area contributed by atoms with E-state index in [4.69, 9.17) is 17.3 Å². The van der Waals surface area contributed by atoms with Gasteiger partial charge in [0.25, 0.3) is 0 Å². The summed E-state index contributed by atoms with van der Waals surface area (Å²) >= 11 is 5.59. The largest absolute Gasteiger partial charge is 0.350 e. The smallest absolute Gasteiger partial charge is 0.332 e. The Kier molecular flexibility index (Phi) is 3.79. The third-order valence-corrected chi connectivity index (χ3v) is 1.23. The summed E-state index contributed by atoms with van der Waals surface area (Å²) in [6.07, 6.45) is 0. The second kappa shape index (κ2) is 4.11. The van der Waals surface area contributed by atoms with Gasteiger partial charge in [0.1, 0.15) is 0 Å². The van der Waals surface area contributed by atoms with Gasteiger partial charge in [-0.1, -0.05) is 0 Å². The number of amides is 2. The van der Waals surface area contributed by atoms with Crippen molar-refractivity contribution >= 4 is 23.3 Å². The first kappa shape index (κ1) is 9.23. The van der Waals surface area contributed by atoms with Crippen LogP contribution in [0.1, 0.15) is 13.8 Å². The topological polar surface area (TPSA) is 67.5 Å². The maximum atomic E-state index is 10.1. The van der Waals surface area contributed by atoms with Crippen LogP contribution in [0.4, 0.5) is 4.79 Å². The van der Waals surface area contributed by atoms with E-state index < -0.39 is 6.03 Å². The highest BCUT2D eigenvalue weighted by atomic mass is 35.5. The SMILES string of the molecule is C/C(=N\NC(N)=O)C(C)Cl. The molecule has 0 saturated heterocycles. The minimum absolute atomic E-state index is 0.188. The lowest BCUT2D eigenvalue weighted by Crippen LogP contribution is -2.26. The molecule has 58 valence electrons. The van der Waals surface area contributed by atoms with Crippen molar-refractivity contribution in [3.63, 3.8) is 0 Å². The Hall–Kier alpha value is -0.770. The summed E-state index contributed by atoms with van der Waals surface area (Å²) < 4.78 is 0. The Balaban J connectivity index is 3.80. The zero-order valence-electron chi connectivity index (χ0n) is 5.89. The third-order valence-electron chi connectivity index (χ3n) is 0.918. The molecule has 0 aliphatic carbocycles. The summed E-state index contributed by atoms with van der Waals surface area (Å²) in [4.78, 5) is 10.1. The monoisotopic (exact) mass is 163 g/mol. The number of hydrogen-bond donors (Lipinski definition) is 2. The molecule has 2 amide bonds. The van der Waals surface area contributed by atoms with Crippen molar-refractivity contribution in [2.45, 2.75) is 19.2 Å². The molecule has 0 aromatic heterocycles. The van der Waals surface area contributed by atoms with Gasteiger partial charge in [0.15, 0.2) is 0 Å². The molecule has 1 unspecified atom stereocenters. The number of alkyl halides is 1.